The van der Waals surface area contributed by atoms with Gasteiger partial charge in [-0.05, 0) is 18.0 Å². The maximum absolute atomic E-state index is 12.1. The zero-order valence-electron chi connectivity index (χ0n) is 8.60. The predicted molar refractivity (Wildman–Crippen MR) is 62.5 cm³/mol. The summed E-state index contributed by atoms with van der Waals surface area (Å²) in [5, 5.41) is 3.97. The molecule has 82 valence electrons. The summed E-state index contributed by atoms with van der Waals surface area (Å²) in [7, 11) is 0. The first-order valence-corrected chi connectivity index (χ1v) is 6.94. The molecule has 2 heterocycles. The van der Waals surface area contributed by atoms with E-state index in [2.05, 4.69) is 9.59 Å². The molecule has 4 nitrogen and oxygen atoms in total. The Morgan fingerprint density at radius 1 is 1.47 bits per heavy atom. The van der Waals surface area contributed by atoms with Gasteiger partial charge in [-0.15, -0.1) is 5.10 Å². The first kappa shape index (κ1) is 10.9. The van der Waals surface area contributed by atoms with E-state index in [0.29, 0.717) is 0 Å². The van der Waals surface area contributed by atoms with Gasteiger partial charge in [-0.3, -0.25) is 4.79 Å². The Balaban J connectivity index is 2.12. The van der Waals surface area contributed by atoms with Gasteiger partial charge in [0.15, 0.2) is 0 Å². The van der Waals surface area contributed by atoms with Crippen LogP contribution in [0.1, 0.15) is 22.3 Å². The van der Waals surface area contributed by atoms with E-state index in [1.54, 1.807) is 0 Å². The molecule has 1 aromatic rings. The molecule has 1 fully saturated rings. The highest BCUT2D eigenvalue weighted by molar-refractivity contribution is 7.99. The van der Waals surface area contributed by atoms with E-state index < -0.39 is 0 Å². The number of aromatic nitrogens is 2. The predicted octanol–water partition coefficient (Wildman–Crippen LogP) is 1.29. The third-order valence-electron chi connectivity index (χ3n) is 2.38. The van der Waals surface area contributed by atoms with E-state index in [1.165, 1.54) is 11.5 Å². The summed E-state index contributed by atoms with van der Waals surface area (Å²) >= 11 is 3.12. The lowest BCUT2D eigenvalue weighted by atomic mass is 10.2. The molecule has 0 aliphatic carbocycles. The maximum atomic E-state index is 12.1. The fraction of sp³-hybridized carbons (Fsp3) is 0.667. The first-order chi connectivity index (χ1) is 7.33. The molecule has 0 saturated carbocycles. The van der Waals surface area contributed by atoms with Gasteiger partial charge in [0.2, 0.25) is 0 Å². The molecular formula is C9H13N3OS2. The molecule has 0 bridgehead atoms. The molecule has 0 radical (unpaired) electrons. The van der Waals surface area contributed by atoms with Gasteiger partial charge in [0.1, 0.15) is 4.88 Å². The molecule has 0 spiro atoms. The summed E-state index contributed by atoms with van der Waals surface area (Å²) < 4.78 is 3.85. The van der Waals surface area contributed by atoms with Crippen molar-refractivity contribution in [1.82, 2.24) is 14.5 Å². The molecule has 0 aromatic carbocycles. The van der Waals surface area contributed by atoms with E-state index in [4.69, 9.17) is 0 Å². The Kier molecular flexibility index (Phi) is 3.58. The fourth-order valence-electron chi connectivity index (χ4n) is 1.51. The molecule has 1 aromatic heterocycles. The van der Waals surface area contributed by atoms with Crippen LogP contribution in [0.5, 0.6) is 0 Å². The van der Waals surface area contributed by atoms with Crippen molar-refractivity contribution in [3.63, 3.8) is 0 Å². The minimum Gasteiger partial charge on any atom is -0.336 e. The minimum atomic E-state index is 0.113. The smallest absolute Gasteiger partial charge is 0.267 e. The van der Waals surface area contributed by atoms with Crippen molar-refractivity contribution in [3.05, 3.63) is 10.6 Å². The standard InChI is InChI=1S/C9H13N3OS2/c1-2-7-8(15-11-10-7)9(13)12-3-5-14-6-4-12/h2-6H2,1H3. The Morgan fingerprint density at radius 3 is 2.87 bits per heavy atom. The molecule has 1 aliphatic heterocycles. The highest BCUT2D eigenvalue weighted by Crippen LogP contribution is 2.17. The third kappa shape index (κ3) is 2.31. The number of amides is 1. The number of nitrogens with zero attached hydrogens (tertiary/aromatic N) is 3. The monoisotopic (exact) mass is 243 g/mol. The summed E-state index contributed by atoms with van der Waals surface area (Å²) in [6.45, 7) is 3.70. The zero-order valence-corrected chi connectivity index (χ0v) is 10.2. The lowest BCUT2D eigenvalue weighted by Crippen LogP contribution is -2.37. The molecule has 2 rings (SSSR count). The van der Waals surface area contributed by atoms with Crippen molar-refractivity contribution in [2.24, 2.45) is 0 Å². The first-order valence-electron chi connectivity index (χ1n) is 5.01. The molecule has 6 heteroatoms. The van der Waals surface area contributed by atoms with E-state index >= 15 is 0 Å². The highest BCUT2D eigenvalue weighted by atomic mass is 32.2. The zero-order chi connectivity index (χ0) is 10.7. The Bertz CT molecular complexity index is 347. The van der Waals surface area contributed by atoms with Crippen molar-refractivity contribution >= 4 is 29.2 Å². The molecule has 0 N–H and O–H groups in total. The van der Waals surface area contributed by atoms with Crippen LogP contribution in [0.25, 0.3) is 0 Å². The van der Waals surface area contributed by atoms with Crippen molar-refractivity contribution in [2.45, 2.75) is 13.3 Å². The van der Waals surface area contributed by atoms with Crippen LogP contribution in [0.15, 0.2) is 0 Å². The van der Waals surface area contributed by atoms with Crippen LogP contribution in [0, 0.1) is 0 Å². The largest absolute Gasteiger partial charge is 0.336 e. The molecule has 1 amide bonds. The molecule has 0 atom stereocenters. The topological polar surface area (TPSA) is 46.1 Å². The lowest BCUT2D eigenvalue weighted by molar-refractivity contribution is 0.0776. The second kappa shape index (κ2) is 4.94. The van der Waals surface area contributed by atoms with Crippen LogP contribution in [0.2, 0.25) is 0 Å². The minimum absolute atomic E-state index is 0.113. The maximum Gasteiger partial charge on any atom is 0.267 e. The van der Waals surface area contributed by atoms with E-state index in [0.717, 1.165) is 41.6 Å². The van der Waals surface area contributed by atoms with E-state index in [9.17, 15) is 4.79 Å². The summed E-state index contributed by atoms with van der Waals surface area (Å²) in [6, 6.07) is 0. The second-order valence-corrected chi connectivity index (χ2v) is 5.29. The summed E-state index contributed by atoms with van der Waals surface area (Å²) in [6.07, 6.45) is 0.778. The van der Waals surface area contributed by atoms with Gasteiger partial charge in [-0.2, -0.15) is 11.8 Å². The summed E-state index contributed by atoms with van der Waals surface area (Å²) in [4.78, 5) is 14.7. The van der Waals surface area contributed by atoms with Crippen LogP contribution in [-0.4, -0.2) is 45.0 Å². The number of carbonyl (C=O) groups excluding carboxylic acids is 1. The van der Waals surface area contributed by atoms with Crippen LogP contribution in [0.3, 0.4) is 0 Å². The number of aryl methyl sites for hydroxylation is 1. The molecule has 15 heavy (non-hydrogen) atoms. The van der Waals surface area contributed by atoms with Gasteiger partial charge >= 0.3 is 0 Å². The van der Waals surface area contributed by atoms with Crippen LogP contribution in [0.4, 0.5) is 0 Å². The number of carbonyl (C=O) groups is 1. The second-order valence-electron chi connectivity index (χ2n) is 3.31. The highest BCUT2D eigenvalue weighted by Gasteiger charge is 2.22. The van der Waals surface area contributed by atoms with Gasteiger partial charge in [-0.1, -0.05) is 11.4 Å². The molecule has 1 aliphatic rings. The van der Waals surface area contributed by atoms with Crippen LogP contribution < -0.4 is 0 Å². The number of hydrogen-bond donors (Lipinski definition) is 0. The lowest BCUT2D eigenvalue weighted by Gasteiger charge is -2.25. The normalized spacial score (nSPS) is 16.7. The van der Waals surface area contributed by atoms with Crippen LogP contribution >= 0.6 is 23.3 Å². The SMILES string of the molecule is CCc1nnsc1C(=O)N1CCSCC1. The van der Waals surface area contributed by atoms with Crippen molar-refractivity contribution < 1.29 is 4.79 Å². The third-order valence-corrected chi connectivity index (χ3v) is 4.08. The molecule has 0 unspecified atom stereocenters. The van der Waals surface area contributed by atoms with Crippen molar-refractivity contribution in [1.29, 1.82) is 0 Å². The average Bonchev–Trinajstić information content (AvgIpc) is 2.77. The Hall–Kier alpha value is -0.620. The number of thioether (sulfide) groups is 1. The van der Waals surface area contributed by atoms with Gasteiger partial charge in [-0.25, -0.2) is 0 Å². The van der Waals surface area contributed by atoms with E-state index in [-0.39, 0.29) is 5.91 Å². The van der Waals surface area contributed by atoms with Gasteiger partial charge in [0.05, 0.1) is 5.69 Å². The summed E-state index contributed by atoms with van der Waals surface area (Å²) in [5.41, 5.74) is 0.836. The number of rotatable bonds is 2. The quantitative estimate of drug-likeness (QED) is 0.785. The fourth-order valence-corrected chi connectivity index (χ4v) is 3.13. The van der Waals surface area contributed by atoms with Crippen molar-refractivity contribution in [2.75, 3.05) is 24.6 Å². The molecular weight excluding hydrogens is 230 g/mol. The molecule has 1 saturated heterocycles. The average molecular weight is 243 g/mol. The Labute approximate surface area is 97.2 Å². The van der Waals surface area contributed by atoms with Crippen LogP contribution in [-0.2, 0) is 6.42 Å². The Morgan fingerprint density at radius 2 is 2.20 bits per heavy atom. The van der Waals surface area contributed by atoms with E-state index in [1.807, 2.05) is 23.6 Å². The summed E-state index contributed by atoms with van der Waals surface area (Å²) in [5.74, 6) is 2.20. The van der Waals surface area contributed by atoms with Crippen molar-refractivity contribution in [3.8, 4) is 0 Å². The van der Waals surface area contributed by atoms with Gasteiger partial charge in [0.25, 0.3) is 5.91 Å². The number of hydrogen-bond acceptors (Lipinski definition) is 5. The van der Waals surface area contributed by atoms with Gasteiger partial charge < -0.3 is 4.90 Å². The van der Waals surface area contributed by atoms with Gasteiger partial charge in [0, 0.05) is 24.6 Å².